The predicted molar refractivity (Wildman–Crippen MR) is 112 cm³/mol. The lowest BCUT2D eigenvalue weighted by Gasteiger charge is -2.17. The molecule has 1 aliphatic heterocycles. The molecule has 0 radical (unpaired) electrons. The number of benzene rings is 2. The smallest absolute Gasteiger partial charge is 0.339 e. The van der Waals surface area contributed by atoms with Crippen molar-refractivity contribution in [1.29, 1.82) is 0 Å². The molecule has 2 aromatic carbocycles. The number of nitrogens with one attached hydrogen (secondary N) is 2. The topological polar surface area (TPSA) is 92.3 Å². The van der Waals surface area contributed by atoms with E-state index in [2.05, 4.69) is 42.8 Å². The minimum absolute atomic E-state index is 0.278. The molecule has 0 bridgehead atoms. The summed E-state index contributed by atoms with van der Waals surface area (Å²) in [5.41, 5.74) is 3.09. The Morgan fingerprint density at radius 2 is 1.79 bits per heavy atom. The van der Waals surface area contributed by atoms with Crippen LogP contribution in [0.15, 0.2) is 54.7 Å². The summed E-state index contributed by atoms with van der Waals surface area (Å²) >= 11 is 0. The number of hydrogen-bond donors (Lipinski definition) is 2. The molecule has 1 saturated heterocycles. The van der Waals surface area contributed by atoms with Crippen LogP contribution in [0.1, 0.15) is 23.2 Å². The largest absolute Gasteiger partial charge is 0.465 e. The molecule has 0 amide bonds. The number of carbonyl (C=O) groups excluding carboxylic acids is 1. The summed E-state index contributed by atoms with van der Waals surface area (Å²) in [6, 6.07) is 15.3. The molecule has 4 rings (SSSR count). The molecule has 148 valence electrons. The van der Waals surface area contributed by atoms with Gasteiger partial charge in [0, 0.05) is 24.5 Å². The van der Waals surface area contributed by atoms with Gasteiger partial charge in [0.15, 0.2) is 5.82 Å². The van der Waals surface area contributed by atoms with Crippen LogP contribution in [-0.2, 0) is 4.74 Å². The van der Waals surface area contributed by atoms with Crippen molar-refractivity contribution in [3.63, 3.8) is 0 Å². The Kier molecular flexibility index (Phi) is 5.51. The van der Waals surface area contributed by atoms with Gasteiger partial charge in [-0.25, -0.2) is 4.79 Å². The first kappa shape index (κ1) is 18.7. The monoisotopic (exact) mass is 390 g/mol. The van der Waals surface area contributed by atoms with Gasteiger partial charge in [-0.3, -0.25) is 0 Å². The van der Waals surface area contributed by atoms with Crippen molar-refractivity contribution < 1.29 is 9.53 Å². The molecule has 0 atom stereocenters. The van der Waals surface area contributed by atoms with E-state index in [0.29, 0.717) is 17.1 Å². The zero-order chi connectivity index (χ0) is 20.1. The molecular weight excluding hydrogens is 368 g/mol. The number of rotatable bonds is 6. The SMILES string of the molecule is COC(=O)c1ccccc1Nc1nncc(Nc2ccc(N3CCCC3)cc2)n1. The number of para-hydroxylation sites is 1. The third kappa shape index (κ3) is 4.43. The number of ether oxygens (including phenoxy) is 1. The van der Waals surface area contributed by atoms with Crippen molar-refractivity contribution in [3.8, 4) is 0 Å². The van der Waals surface area contributed by atoms with Gasteiger partial charge in [0.05, 0.1) is 24.6 Å². The molecule has 0 saturated carbocycles. The number of anilines is 5. The van der Waals surface area contributed by atoms with Gasteiger partial charge in [-0.15, -0.1) is 5.10 Å². The van der Waals surface area contributed by atoms with Crippen molar-refractivity contribution in [2.75, 3.05) is 35.7 Å². The molecular formula is C21H22N6O2. The predicted octanol–water partition coefficient (Wildman–Crippen LogP) is 3.75. The Morgan fingerprint density at radius 3 is 2.55 bits per heavy atom. The number of hydrogen-bond acceptors (Lipinski definition) is 8. The fraction of sp³-hybridized carbons (Fsp3) is 0.238. The Bertz CT molecular complexity index is 986. The van der Waals surface area contributed by atoms with Crippen molar-refractivity contribution in [3.05, 3.63) is 60.3 Å². The van der Waals surface area contributed by atoms with Crippen LogP contribution in [0.4, 0.5) is 28.8 Å². The van der Waals surface area contributed by atoms with Gasteiger partial charge in [-0.1, -0.05) is 12.1 Å². The first-order chi connectivity index (χ1) is 14.2. The molecule has 0 unspecified atom stereocenters. The highest BCUT2D eigenvalue weighted by molar-refractivity contribution is 5.96. The molecule has 2 N–H and O–H groups in total. The van der Waals surface area contributed by atoms with Crippen LogP contribution in [0.2, 0.25) is 0 Å². The maximum Gasteiger partial charge on any atom is 0.339 e. The summed E-state index contributed by atoms with van der Waals surface area (Å²) in [5, 5.41) is 14.2. The second-order valence-electron chi connectivity index (χ2n) is 6.69. The zero-order valence-electron chi connectivity index (χ0n) is 16.1. The number of carbonyl (C=O) groups is 1. The van der Waals surface area contributed by atoms with Crippen molar-refractivity contribution in [2.24, 2.45) is 0 Å². The van der Waals surface area contributed by atoms with Crippen molar-refractivity contribution >= 4 is 34.8 Å². The van der Waals surface area contributed by atoms with Gasteiger partial charge in [0.1, 0.15) is 0 Å². The molecule has 29 heavy (non-hydrogen) atoms. The van der Waals surface area contributed by atoms with Crippen LogP contribution in [0.25, 0.3) is 0 Å². The summed E-state index contributed by atoms with van der Waals surface area (Å²) < 4.78 is 4.81. The van der Waals surface area contributed by atoms with Crippen LogP contribution in [0, 0.1) is 0 Å². The molecule has 3 aromatic rings. The lowest BCUT2D eigenvalue weighted by molar-refractivity contribution is 0.0602. The molecule has 8 nitrogen and oxygen atoms in total. The third-order valence-electron chi connectivity index (χ3n) is 4.75. The van der Waals surface area contributed by atoms with Gasteiger partial charge in [0.2, 0.25) is 5.95 Å². The summed E-state index contributed by atoms with van der Waals surface area (Å²) in [4.78, 5) is 18.7. The Morgan fingerprint density at radius 1 is 1.03 bits per heavy atom. The van der Waals surface area contributed by atoms with Gasteiger partial charge in [-0.2, -0.15) is 10.1 Å². The summed E-state index contributed by atoms with van der Waals surface area (Å²) in [6.07, 6.45) is 4.05. The quantitative estimate of drug-likeness (QED) is 0.615. The van der Waals surface area contributed by atoms with Crippen LogP contribution in [0.3, 0.4) is 0 Å². The van der Waals surface area contributed by atoms with E-state index in [0.717, 1.165) is 18.8 Å². The highest BCUT2D eigenvalue weighted by Crippen LogP contribution is 2.24. The van der Waals surface area contributed by atoms with E-state index in [1.54, 1.807) is 24.4 Å². The van der Waals surface area contributed by atoms with Crippen molar-refractivity contribution in [1.82, 2.24) is 15.2 Å². The average Bonchev–Trinajstić information content (AvgIpc) is 3.29. The van der Waals surface area contributed by atoms with E-state index in [9.17, 15) is 4.79 Å². The summed E-state index contributed by atoms with van der Waals surface area (Å²) in [7, 11) is 1.34. The van der Waals surface area contributed by atoms with Crippen LogP contribution in [0.5, 0.6) is 0 Å². The standard InChI is InChI=1S/C21H22N6O2/c1-29-20(28)17-6-2-3-7-18(17)24-21-25-19(14-22-26-21)23-15-8-10-16(11-9-15)27-12-4-5-13-27/h2-3,6-11,14H,4-5,12-13H2,1H3,(H2,23,24,25,26). The van der Waals surface area contributed by atoms with E-state index in [-0.39, 0.29) is 5.95 Å². The maximum atomic E-state index is 11.9. The Balaban J connectivity index is 1.47. The normalized spacial score (nSPS) is 13.2. The van der Waals surface area contributed by atoms with Gasteiger partial charge in [0.25, 0.3) is 0 Å². The minimum Gasteiger partial charge on any atom is -0.465 e. The zero-order valence-corrected chi connectivity index (χ0v) is 16.1. The summed E-state index contributed by atoms with van der Waals surface area (Å²) in [5.74, 6) is 0.389. The number of esters is 1. The first-order valence-electron chi connectivity index (χ1n) is 9.49. The van der Waals surface area contributed by atoms with Gasteiger partial charge in [-0.05, 0) is 49.2 Å². The minimum atomic E-state index is -0.437. The number of nitrogens with zero attached hydrogens (tertiary/aromatic N) is 4. The van der Waals surface area contributed by atoms with E-state index in [1.807, 2.05) is 18.2 Å². The lowest BCUT2D eigenvalue weighted by atomic mass is 10.2. The molecule has 0 aliphatic carbocycles. The van der Waals surface area contributed by atoms with E-state index in [1.165, 1.54) is 25.6 Å². The average molecular weight is 390 g/mol. The second-order valence-corrected chi connectivity index (χ2v) is 6.69. The van der Waals surface area contributed by atoms with Gasteiger partial charge >= 0.3 is 5.97 Å². The fourth-order valence-electron chi connectivity index (χ4n) is 3.30. The Hall–Kier alpha value is -3.68. The van der Waals surface area contributed by atoms with Crippen LogP contribution < -0.4 is 15.5 Å². The first-order valence-corrected chi connectivity index (χ1v) is 9.49. The second kappa shape index (κ2) is 8.55. The van der Waals surface area contributed by atoms with Crippen LogP contribution in [-0.4, -0.2) is 41.3 Å². The van der Waals surface area contributed by atoms with Crippen molar-refractivity contribution in [2.45, 2.75) is 12.8 Å². The molecule has 2 heterocycles. The fourth-order valence-corrected chi connectivity index (χ4v) is 3.30. The number of aromatic nitrogens is 3. The molecule has 1 aromatic heterocycles. The highest BCUT2D eigenvalue weighted by atomic mass is 16.5. The molecule has 1 aliphatic rings. The maximum absolute atomic E-state index is 11.9. The lowest BCUT2D eigenvalue weighted by Crippen LogP contribution is -2.17. The van der Waals surface area contributed by atoms with Gasteiger partial charge < -0.3 is 20.3 Å². The van der Waals surface area contributed by atoms with E-state index < -0.39 is 5.97 Å². The number of methoxy groups -OCH3 is 1. The highest BCUT2D eigenvalue weighted by Gasteiger charge is 2.13. The third-order valence-corrected chi connectivity index (χ3v) is 4.75. The molecule has 0 spiro atoms. The Labute approximate surface area is 168 Å². The molecule has 1 fully saturated rings. The molecule has 8 heteroatoms. The van der Waals surface area contributed by atoms with Crippen LogP contribution >= 0.6 is 0 Å². The summed E-state index contributed by atoms with van der Waals surface area (Å²) in [6.45, 7) is 2.23. The van der Waals surface area contributed by atoms with E-state index in [4.69, 9.17) is 4.74 Å². The van der Waals surface area contributed by atoms with E-state index >= 15 is 0 Å².